The highest BCUT2D eigenvalue weighted by Crippen LogP contribution is 2.32. The first-order chi connectivity index (χ1) is 20.5. The van der Waals surface area contributed by atoms with Crippen LogP contribution in [0, 0.1) is 6.92 Å². The third-order valence-electron chi connectivity index (χ3n) is 7.85. The van der Waals surface area contributed by atoms with Crippen molar-refractivity contribution in [3.63, 3.8) is 0 Å². The molecule has 1 aliphatic carbocycles. The molecule has 230 valence electrons. The van der Waals surface area contributed by atoms with Gasteiger partial charge in [-0.1, -0.05) is 91.3 Å². The lowest BCUT2D eigenvalue weighted by Crippen LogP contribution is -2.54. The minimum Gasteiger partial charge on any atom is -0.352 e. The number of nitrogens with zero attached hydrogens (tertiary/aromatic N) is 2. The van der Waals surface area contributed by atoms with Crippen LogP contribution in [-0.4, -0.2) is 43.8 Å². The van der Waals surface area contributed by atoms with Crippen LogP contribution in [0.1, 0.15) is 56.6 Å². The van der Waals surface area contributed by atoms with Gasteiger partial charge in [0.2, 0.25) is 11.8 Å². The maximum atomic E-state index is 14.3. The molecule has 0 saturated heterocycles. The summed E-state index contributed by atoms with van der Waals surface area (Å²) in [5, 5.41) is 4.17. The van der Waals surface area contributed by atoms with Gasteiger partial charge in [0.15, 0.2) is 0 Å². The van der Waals surface area contributed by atoms with E-state index < -0.39 is 28.5 Å². The summed E-state index contributed by atoms with van der Waals surface area (Å²) >= 11 is 19.4. The van der Waals surface area contributed by atoms with Crippen LogP contribution in [0.15, 0.2) is 71.6 Å². The lowest BCUT2D eigenvalue weighted by atomic mass is 9.95. The molecule has 2 amide bonds. The van der Waals surface area contributed by atoms with Crippen molar-refractivity contribution in [3.8, 4) is 0 Å². The van der Waals surface area contributed by atoms with Crippen LogP contribution in [-0.2, 0) is 26.2 Å². The van der Waals surface area contributed by atoms with Gasteiger partial charge in [-0.25, -0.2) is 8.42 Å². The van der Waals surface area contributed by atoms with Crippen LogP contribution in [0.25, 0.3) is 0 Å². The van der Waals surface area contributed by atoms with Crippen LogP contribution in [0.3, 0.4) is 0 Å². The molecule has 1 atom stereocenters. The molecule has 3 aromatic carbocycles. The Hall–Kier alpha value is -2.78. The summed E-state index contributed by atoms with van der Waals surface area (Å²) in [6.07, 6.45) is 5.25. The largest absolute Gasteiger partial charge is 0.352 e. The highest BCUT2D eigenvalue weighted by Gasteiger charge is 2.35. The van der Waals surface area contributed by atoms with Gasteiger partial charge >= 0.3 is 0 Å². The molecule has 0 radical (unpaired) electrons. The van der Waals surface area contributed by atoms with Gasteiger partial charge < -0.3 is 10.2 Å². The SMILES string of the molecule is CC[C@@H](C(=O)NC1CCCCC1)N(Cc1c(Cl)cccc1Cl)C(=O)CN(c1cccc(Cl)c1C)S(=O)(=O)c1ccccc1. The molecular formula is C32H36Cl3N3O4S. The highest BCUT2D eigenvalue weighted by molar-refractivity contribution is 7.92. The fourth-order valence-corrected chi connectivity index (χ4v) is 7.60. The minimum absolute atomic E-state index is 0.0185. The zero-order valence-electron chi connectivity index (χ0n) is 24.2. The van der Waals surface area contributed by atoms with E-state index in [1.54, 1.807) is 61.5 Å². The Balaban J connectivity index is 1.76. The highest BCUT2D eigenvalue weighted by atomic mass is 35.5. The quantitative estimate of drug-likeness (QED) is 0.231. The molecule has 7 nitrogen and oxygen atoms in total. The number of nitrogens with one attached hydrogen (secondary N) is 1. The Kier molecular flexibility index (Phi) is 11.4. The number of hydrogen-bond acceptors (Lipinski definition) is 4. The van der Waals surface area contributed by atoms with Crippen molar-refractivity contribution in [2.45, 2.75) is 75.9 Å². The van der Waals surface area contributed by atoms with Gasteiger partial charge in [0.1, 0.15) is 12.6 Å². The van der Waals surface area contributed by atoms with E-state index >= 15 is 0 Å². The zero-order valence-corrected chi connectivity index (χ0v) is 27.3. The molecule has 1 aliphatic rings. The molecule has 3 aromatic rings. The predicted molar refractivity (Wildman–Crippen MR) is 173 cm³/mol. The molecule has 1 fully saturated rings. The van der Waals surface area contributed by atoms with Gasteiger partial charge in [-0.05, 0) is 68.1 Å². The van der Waals surface area contributed by atoms with E-state index in [1.807, 2.05) is 6.92 Å². The molecule has 11 heteroatoms. The number of benzene rings is 3. The van der Waals surface area contributed by atoms with Gasteiger partial charge in [0.25, 0.3) is 10.0 Å². The second-order valence-corrected chi connectivity index (χ2v) is 13.8. The van der Waals surface area contributed by atoms with Crippen molar-refractivity contribution in [3.05, 3.63) is 92.9 Å². The molecule has 0 unspecified atom stereocenters. The summed E-state index contributed by atoms with van der Waals surface area (Å²) in [6, 6.07) is 17.0. The lowest BCUT2D eigenvalue weighted by Gasteiger charge is -2.35. The van der Waals surface area contributed by atoms with Crippen molar-refractivity contribution in [1.82, 2.24) is 10.2 Å². The van der Waals surface area contributed by atoms with E-state index in [4.69, 9.17) is 34.8 Å². The Morgan fingerprint density at radius 2 is 1.49 bits per heavy atom. The topological polar surface area (TPSA) is 86.8 Å². The molecule has 0 bridgehead atoms. The Morgan fingerprint density at radius 3 is 2.12 bits per heavy atom. The molecule has 1 saturated carbocycles. The second-order valence-electron chi connectivity index (χ2n) is 10.7. The van der Waals surface area contributed by atoms with Gasteiger partial charge in [-0.2, -0.15) is 0 Å². The van der Waals surface area contributed by atoms with Crippen molar-refractivity contribution >= 4 is 62.3 Å². The van der Waals surface area contributed by atoms with E-state index in [1.165, 1.54) is 17.0 Å². The first-order valence-corrected chi connectivity index (χ1v) is 17.0. The molecule has 0 heterocycles. The molecule has 0 aromatic heterocycles. The van der Waals surface area contributed by atoms with Crippen LogP contribution >= 0.6 is 34.8 Å². The van der Waals surface area contributed by atoms with Crippen molar-refractivity contribution in [2.75, 3.05) is 10.8 Å². The number of amides is 2. The summed E-state index contributed by atoms with van der Waals surface area (Å²) in [5.41, 5.74) is 1.24. The number of anilines is 1. The second kappa shape index (κ2) is 14.8. The Morgan fingerprint density at radius 1 is 0.884 bits per heavy atom. The number of rotatable bonds is 11. The van der Waals surface area contributed by atoms with E-state index in [-0.39, 0.29) is 29.1 Å². The van der Waals surface area contributed by atoms with E-state index in [0.717, 1.165) is 36.4 Å². The lowest BCUT2D eigenvalue weighted by molar-refractivity contribution is -0.140. The first kappa shape index (κ1) is 33.1. The standard InChI is InChI=1S/C32H36Cl3N3O4S/c1-3-29(32(40)36-23-12-6-4-7-13-23)37(20-25-27(34)17-10-18-28(25)35)31(39)21-38(30-19-11-16-26(33)22(30)2)43(41,42)24-14-8-5-9-15-24/h5,8-11,14-19,23,29H,3-4,6-7,12-13,20-21H2,1-2H3,(H,36,40)/t29-/m0/s1. The van der Waals surface area contributed by atoms with Crippen molar-refractivity contribution in [1.29, 1.82) is 0 Å². The molecule has 4 rings (SSSR count). The van der Waals surface area contributed by atoms with Crippen LogP contribution in [0.2, 0.25) is 15.1 Å². The van der Waals surface area contributed by atoms with Gasteiger partial charge in [-0.15, -0.1) is 0 Å². The summed E-state index contributed by atoms with van der Waals surface area (Å²) in [7, 11) is -4.21. The summed E-state index contributed by atoms with van der Waals surface area (Å²) in [6.45, 7) is 2.86. The predicted octanol–water partition coefficient (Wildman–Crippen LogP) is 7.41. The van der Waals surface area contributed by atoms with E-state index in [0.29, 0.717) is 32.6 Å². The number of halogens is 3. The average molecular weight is 665 g/mol. The van der Waals surface area contributed by atoms with Gasteiger partial charge in [0, 0.05) is 33.2 Å². The minimum atomic E-state index is -4.21. The Labute approximate surface area is 269 Å². The maximum Gasteiger partial charge on any atom is 0.264 e. The maximum absolute atomic E-state index is 14.3. The fourth-order valence-electron chi connectivity index (χ4n) is 5.42. The molecule has 43 heavy (non-hydrogen) atoms. The van der Waals surface area contributed by atoms with E-state index in [2.05, 4.69) is 5.32 Å². The molecule has 0 aliphatic heterocycles. The summed E-state index contributed by atoms with van der Waals surface area (Å²) in [5.74, 6) is -0.872. The molecule has 0 spiro atoms. The van der Waals surface area contributed by atoms with Crippen LogP contribution in [0.5, 0.6) is 0 Å². The average Bonchev–Trinajstić information content (AvgIpc) is 2.99. The van der Waals surface area contributed by atoms with Crippen LogP contribution in [0.4, 0.5) is 5.69 Å². The summed E-state index contributed by atoms with van der Waals surface area (Å²) < 4.78 is 29.1. The number of carbonyl (C=O) groups is 2. The first-order valence-electron chi connectivity index (χ1n) is 14.4. The van der Waals surface area contributed by atoms with Gasteiger partial charge in [0.05, 0.1) is 10.6 Å². The van der Waals surface area contributed by atoms with E-state index in [9.17, 15) is 18.0 Å². The van der Waals surface area contributed by atoms with Gasteiger partial charge in [-0.3, -0.25) is 13.9 Å². The summed E-state index contributed by atoms with van der Waals surface area (Å²) in [4.78, 5) is 29.5. The third-order valence-corrected chi connectivity index (χ3v) is 10.7. The Bertz CT molecular complexity index is 1530. The van der Waals surface area contributed by atoms with Crippen LogP contribution < -0.4 is 9.62 Å². The number of hydrogen-bond donors (Lipinski definition) is 1. The smallest absolute Gasteiger partial charge is 0.264 e. The zero-order chi connectivity index (χ0) is 31.1. The van der Waals surface area contributed by atoms with Crippen molar-refractivity contribution < 1.29 is 18.0 Å². The van der Waals surface area contributed by atoms with Crippen molar-refractivity contribution in [2.24, 2.45) is 0 Å². The molecular weight excluding hydrogens is 629 g/mol. The molecule has 1 N–H and O–H groups in total. The monoisotopic (exact) mass is 663 g/mol. The fraction of sp³-hybridized carbons (Fsp3) is 0.375. The number of sulfonamides is 1. The number of carbonyl (C=O) groups excluding carboxylic acids is 2. The normalized spacial score (nSPS) is 14.6. The third kappa shape index (κ3) is 7.85.